The van der Waals surface area contributed by atoms with E-state index in [2.05, 4.69) is 10.6 Å². The average Bonchev–Trinajstić information content (AvgIpc) is 2.60. The van der Waals surface area contributed by atoms with Crippen molar-refractivity contribution in [3.63, 3.8) is 0 Å². The first kappa shape index (κ1) is 18.9. The van der Waals surface area contributed by atoms with E-state index < -0.39 is 23.2 Å². The molecule has 2 aromatic carbocycles. The zero-order valence-corrected chi connectivity index (χ0v) is 15.3. The Hall–Kier alpha value is -2.86. The molecule has 140 valence electrons. The van der Waals surface area contributed by atoms with Crippen LogP contribution in [0.3, 0.4) is 0 Å². The molecule has 0 atom stereocenters. The second kappa shape index (κ2) is 7.80. The fourth-order valence-corrected chi connectivity index (χ4v) is 3.28. The van der Waals surface area contributed by atoms with Gasteiger partial charge in [-0.3, -0.25) is 14.4 Å². The minimum absolute atomic E-state index is 0.0868. The van der Waals surface area contributed by atoms with Crippen molar-refractivity contribution >= 4 is 40.8 Å². The molecule has 6 nitrogen and oxygen atoms in total. The third-order valence-corrected chi connectivity index (χ3v) is 5.12. The fraction of sp³-hybridized carbons (Fsp3) is 0.250. The van der Waals surface area contributed by atoms with Crippen LogP contribution >= 0.6 is 11.6 Å². The highest BCUT2D eigenvalue weighted by atomic mass is 35.5. The lowest BCUT2D eigenvalue weighted by molar-refractivity contribution is -0.157. The molecule has 0 saturated heterocycles. The Morgan fingerprint density at radius 2 is 1.70 bits per heavy atom. The Bertz CT molecular complexity index is 879. The van der Waals surface area contributed by atoms with Gasteiger partial charge in [-0.15, -0.1) is 0 Å². The molecule has 1 aliphatic rings. The monoisotopic (exact) mass is 386 g/mol. The number of benzene rings is 2. The molecule has 27 heavy (non-hydrogen) atoms. The van der Waals surface area contributed by atoms with Crippen LogP contribution in [0.5, 0.6) is 0 Å². The number of carboxylic acid groups (broad SMARTS) is 1. The smallest absolute Gasteiger partial charge is 0.310 e. The van der Waals surface area contributed by atoms with Gasteiger partial charge in [-0.25, -0.2) is 0 Å². The van der Waals surface area contributed by atoms with Crippen LogP contribution in [0.1, 0.15) is 36.0 Å². The van der Waals surface area contributed by atoms with Crippen molar-refractivity contribution in [3.8, 4) is 0 Å². The van der Waals surface area contributed by atoms with E-state index in [1.165, 1.54) is 12.1 Å². The summed E-state index contributed by atoms with van der Waals surface area (Å²) in [5.41, 5.74) is 0.267. The van der Waals surface area contributed by atoms with Gasteiger partial charge in [0.15, 0.2) is 0 Å². The van der Waals surface area contributed by atoms with E-state index >= 15 is 0 Å². The molecule has 0 heterocycles. The Kier molecular flexibility index (Phi) is 5.46. The van der Waals surface area contributed by atoms with E-state index in [1.807, 2.05) is 6.07 Å². The Labute approximate surface area is 161 Å². The first-order valence-corrected chi connectivity index (χ1v) is 8.97. The lowest BCUT2D eigenvalue weighted by Crippen LogP contribution is -2.41. The molecule has 1 saturated carbocycles. The summed E-state index contributed by atoms with van der Waals surface area (Å²) >= 11 is 6.12. The SMILES string of the molecule is O=C(CC1(C(=O)O)CCC1)Nc1ccc(Cl)c(C(=O)Nc2ccccc2)c1. The minimum atomic E-state index is -0.968. The summed E-state index contributed by atoms with van der Waals surface area (Å²) in [7, 11) is 0. The standard InChI is InChI=1S/C20H19ClN2O4/c21-16-8-7-14(22-17(24)12-20(19(26)27)9-4-10-20)11-15(16)18(25)23-13-5-2-1-3-6-13/h1-3,5-8,11H,4,9-10,12H2,(H,22,24)(H,23,25)(H,26,27). The van der Waals surface area contributed by atoms with Gasteiger partial charge >= 0.3 is 5.97 Å². The first-order valence-electron chi connectivity index (χ1n) is 8.59. The highest BCUT2D eigenvalue weighted by molar-refractivity contribution is 6.34. The van der Waals surface area contributed by atoms with Crippen molar-refractivity contribution in [3.05, 3.63) is 59.1 Å². The van der Waals surface area contributed by atoms with Gasteiger partial charge in [-0.2, -0.15) is 0 Å². The van der Waals surface area contributed by atoms with Crippen molar-refractivity contribution in [2.75, 3.05) is 10.6 Å². The van der Waals surface area contributed by atoms with Gasteiger partial charge in [0.05, 0.1) is 16.0 Å². The van der Waals surface area contributed by atoms with Crippen molar-refractivity contribution < 1.29 is 19.5 Å². The quantitative estimate of drug-likeness (QED) is 0.694. The minimum Gasteiger partial charge on any atom is -0.481 e. The lowest BCUT2D eigenvalue weighted by atomic mass is 9.66. The molecule has 3 N–H and O–H groups in total. The van der Waals surface area contributed by atoms with E-state index in [0.29, 0.717) is 24.2 Å². The second-order valence-corrected chi connectivity index (χ2v) is 7.09. The predicted molar refractivity (Wildman–Crippen MR) is 103 cm³/mol. The van der Waals surface area contributed by atoms with Crippen molar-refractivity contribution in [2.45, 2.75) is 25.7 Å². The summed E-state index contributed by atoms with van der Waals surface area (Å²) in [5.74, 6) is -1.74. The molecular weight excluding hydrogens is 368 g/mol. The van der Waals surface area contributed by atoms with Crippen molar-refractivity contribution in [1.29, 1.82) is 0 Å². The topological polar surface area (TPSA) is 95.5 Å². The largest absolute Gasteiger partial charge is 0.481 e. The average molecular weight is 387 g/mol. The molecule has 0 aliphatic heterocycles. The van der Waals surface area contributed by atoms with Crippen LogP contribution in [0.25, 0.3) is 0 Å². The summed E-state index contributed by atoms with van der Waals surface area (Å²) in [4.78, 5) is 36.1. The van der Waals surface area contributed by atoms with Crippen molar-refractivity contribution in [2.24, 2.45) is 5.41 Å². The molecule has 0 radical (unpaired) electrons. The Balaban J connectivity index is 1.70. The number of hydrogen-bond acceptors (Lipinski definition) is 3. The summed E-state index contributed by atoms with van der Waals surface area (Å²) in [6, 6.07) is 13.5. The highest BCUT2D eigenvalue weighted by Gasteiger charge is 2.45. The van der Waals surface area contributed by atoms with Crippen LogP contribution in [0.15, 0.2) is 48.5 Å². The van der Waals surface area contributed by atoms with Crippen LogP contribution in [0, 0.1) is 5.41 Å². The summed E-state index contributed by atoms with van der Waals surface area (Å²) in [5, 5.41) is 15.0. The number of rotatable bonds is 6. The number of aliphatic carboxylic acids is 1. The van der Waals surface area contributed by atoms with Gasteiger partial charge in [0.1, 0.15) is 0 Å². The van der Waals surface area contributed by atoms with E-state index in [0.717, 1.165) is 6.42 Å². The predicted octanol–water partition coefficient (Wildman–Crippen LogP) is 4.18. The summed E-state index contributed by atoms with van der Waals surface area (Å²) in [6.07, 6.45) is 1.73. The molecule has 7 heteroatoms. The molecule has 0 bridgehead atoms. The van der Waals surface area contributed by atoms with E-state index in [4.69, 9.17) is 11.6 Å². The van der Waals surface area contributed by atoms with Crippen LogP contribution in [-0.2, 0) is 9.59 Å². The van der Waals surface area contributed by atoms with Crippen LogP contribution in [0.2, 0.25) is 5.02 Å². The van der Waals surface area contributed by atoms with Crippen LogP contribution in [-0.4, -0.2) is 22.9 Å². The third-order valence-electron chi connectivity index (χ3n) is 4.79. The molecule has 0 aromatic heterocycles. The second-order valence-electron chi connectivity index (χ2n) is 6.68. The zero-order chi connectivity index (χ0) is 19.4. The number of carbonyl (C=O) groups excluding carboxylic acids is 2. The number of halogens is 1. The number of para-hydroxylation sites is 1. The maximum Gasteiger partial charge on any atom is 0.310 e. The van der Waals surface area contributed by atoms with Crippen LogP contribution in [0.4, 0.5) is 11.4 Å². The van der Waals surface area contributed by atoms with E-state index in [-0.39, 0.29) is 17.0 Å². The highest BCUT2D eigenvalue weighted by Crippen LogP contribution is 2.44. The van der Waals surface area contributed by atoms with E-state index in [1.54, 1.807) is 30.3 Å². The van der Waals surface area contributed by atoms with Crippen LogP contribution < -0.4 is 10.6 Å². The molecule has 3 rings (SSSR count). The number of amides is 2. The zero-order valence-electron chi connectivity index (χ0n) is 14.5. The molecule has 0 unspecified atom stereocenters. The maximum absolute atomic E-state index is 12.5. The van der Waals surface area contributed by atoms with Gasteiger partial charge < -0.3 is 15.7 Å². The van der Waals surface area contributed by atoms with Gasteiger partial charge in [-0.05, 0) is 43.2 Å². The van der Waals surface area contributed by atoms with Crippen molar-refractivity contribution in [1.82, 2.24) is 0 Å². The first-order chi connectivity index (χ1) is 12.9. The summed E-state index contributed by atoms with van der Waals surface area (Å²) in [6.45, 7) is 0. The number of nitrogens with one attached hydrogen (secondary N) is 2. The van der Waals surface area contributed by atoms with Gasteiger partial charge in [0, 0.05) is 17.8 Å². The molecule has 0 spiro atoms. The molecular formula is C20H19ClN2O4. The van der Waals surface area contributed by atoms with E-state index in [9.17, 15) is 19.5 Å². The van der Waals surface area contributed by atoms with Gasteiger partial charge in [-0.1, -0.05) is 36.2 Å². The molecule has 2 aromatic rings. The molecule has 1 fully saturated rings. The normalized spacial score (nSPS) is 14.7. The fourth-order valence-electron chi connectivity index (χ4n) is 3.08. The number of hydrogen-bond donors (Lipinski definition) is 3. The van der Waals surface area contributed by atoms with Gasteiger partial charge in [0.25, 0.3) is 5.91 Å². The summed E-state index contributed by atoms with van der Waals surface area (Å²) < 4.78 is 0. The Morgan fingerprint density at radius 3 is 2.30 bits per heavy atom. The number of carbonyl (C=O) groups is 3. The molecule has 1 aliphatic carbocycles. The van der Waals surface area contributed by atoms with Gasteiger partial charge in [0.2, 0.25) is 5.91 Å². The Morgan fingerprint density at radius 1 is 1.00 bits per heavy atom. The maximum atomic E-state index is 12.5. The lowest BCUT2D eigenvalue weighted by Gasteiger charge is -2.36. The molecule has 2 amide bonds. The number of carboxylic acids is 1. The third kappa shape index (κ3) is 4.28. The number of anilines is 2.